The topological polar surface area (TPSA) is 12.0 Å². The van der Waals surface area contributed by atoms with Gasteiger partial charge in [-0.3, -0.25) is 0 Å². The first kappa shape index (κ1) is 14.0. The van der Waals surface area contributed by atoms with E-state index in [4.69, 9.17) is 0 Å². The van der Waals surface area contributed by atoms with Crippen LogP contribution in [0, 0.1) is 11.8 Å². The van der Waals surface area contributed by atoms with E-state index in [1.54, 1.807) is 0 Å². The van der Waals surface area contributed by atoms with E-state index < -0.39 is 0 Å². The van der Waals surface area contributed by atoms with Gasteiger partial charge in [-0.25, -0.2) is 0 Å². The van der Waals surface area contributed by atoms with Crippen LogP contribution in [0.5, 0.6) is 0 Å². The third-order valence-corrected chi connectivity index (χ3v) is 4.18. The molecule has 1 nitrogen and oxygen atoms in total. The van der Waals surface area contributed by atoms with E-state index in [-0.39, 0.29) is 0 Å². The van der Waals surface area contributed by atoms with E-state index in [1.807, 2.05) is 0 Å². The number of rotatable bonds is 9. The third kappa shape index (κ3) is 5.34. The van der Waals surface area contributed by atoms with E-state index in [2.05, 4.69) is 19.2 Å². The van der Waals surface area contributed by atoms with Gasteiger partial charge in [-0.15, -0.1) is 0 Å². The maximum absolute atomic E-state index is 3.54. The second-order valence-corrected chi connectivity index (χ2v) is 5.50. The van der Waals surface area contributed by atoms with Crippen LogP contribution < -0.4 is 5.32 Å². The molecule has 96 valence electrons. The highest BCUT2D eigenvalue weighted by Gasteiger charge is 2.24. The molecule has 1 heteroatoms. The van der Waals surface area contributed by atoms with Crippen molar-refractivity contribution in [3.8, 4) is 0 Å². The van der Waals surface area contributed by atoms with Gasteiger partial charge in [-0.2, -0.15) is 0 Å². The zero-order valence-electron chi connectivity index (χ0n) is 11.4. The first-order chi connectivity index (χ1) is 7.88. The molecular formula is C15H31N. The molecule has 16 heavy (non-hydrogen) atoms. The molecule has 1 aliphatic heterocycles. The minimum atomic E-state index is 0.972. The van der Waals surface area contributed by atoms with Crippen molar-refractivity contribution in [3.05, 3.63) is 0 Å². The molecule has 2 atom stereocenters. The van der Waals surface area contributed by atoms with Crippen LogP contribution in [0.3, 0.4) is 0 Å². The van der Waals surface area contributed by atoms with Gasteiger partial charge in [0, 0.05) is 0 Å². The summed E-state index contributed by atoms with van der Waals surface area (Å²) in [6, 6.07) is 0. The smallest absolute Gasteiger partial charge is 0.00173 e. The van der Waals surface area contributed by atoms with Crippen LogP contribution in [0.2, 0.25) is 0 Å². The number of nitrogens with one attached hydrogen (secondary N) is 1. The van der Waals surface area contributed by atoms with Crippen LogP contribution in [0.25, 0.3) is 0 Å². The van der Waals surface area contributed by atoms with Crippen molar-refractivity contribution in [2.45, 2.75) is 71.6 Å². The molecule has 0 aromatic carbocycles. The average Bonchev–Trinajstić information content (AvgIpc) is 2.75. The van der Waals surface area contributed by atoms with E-state index in [0.717, 1.165) is 11.8 Å². The SMILES string of the molecule is CCCCCCCCCC1CNCC1CC. The molecule has 0 aromatic heterocycles. The number of hydrogen-bond acceptors (Lipinski definition) is 1. The zero-order chi connectivity index (χ0) is 11.6. The molecule has 0 radical (unpaired) electrons. The first-order valence-corrected chi connectivity index (χ1v) is 7.59. The fraction of sp³-hybridized carbons (Fsp3) is 1.00. The van der Waals surface area contributed by atoms with Gasteiger partial charge in [-0.1, -0.05) is 65.2 Å². The van der Waals surface area contributed by atoms with Crippen LogP contribution in [-0.4, -0.2) is 13.1 Å². The Morgan fingerprint density at radius 2 is 1.44 bits per heavy atom. The molecule has 2 unspecified atom stereocenters. The van der Waals surface area contributed by atoms with Crippen molar-refractivity contribution >= 4 is 0 Å². The summed E-state index contributed by atoms with van der Waals surface area (Å²) in [5, 5.41) is 3.54. The van der Waals surface area contributed by atoms with Crippen LogP contribution >= 0.6 is 0 Å². The van der Waals surface area contributed by atoms with Crippen LogP contribution in [0.4, 0.5) is 0 Å². The van der Waals surface area contributed by atoms with Crippen molar-refractivity contribution in [1.82, 2.24) is 5.32 Å². The molecule has 1 fully saturated rings. The molecule has 1 rings (SSSR count). The summed E-state index contributed by atoms with van der Waals surface area (Å²) in [5.74, 6) is 1.96. The summed E-state index contributed by atoms with van der Waals surface area (Å²) in [7, 11) is 0. The Hall–Kier alpha value is -0.0400. The average molecular weight is 225 g/mol. The zero-order valence-corrected chi connectivity index (χ0v) is 11.4. The van der Waals surface area contributed by atoms with Crippen LogP contribution in [0.1, 0.15) is 71.6 Å². The minimum absolute atomic E-state index is 0.972. The first-order valence-electron chi connectivity index (χ1n) is 7.59. The lowest BCUT2D eigenvalue weighted by atomic mass is 9.89. The van der Waals surface area contributed by atoms with Gasteiger partial charge in [0.15, 0.2) is 0 Å². The second kappa shape index (κ2) is 9.04. The molecule has 0 aliphatic carbocycles. The van der Waals surface area contributed by atoms with Gasteiger partial charge in [0.25, 0.3) is 0 Å². The van der Waals surface area contributed by atoms with Gasteiger partial charge in [0.2, 0.25) is 0 Å². The van der Waals surface area contributed by atoms with Crippen LogP contribution in [0.15, 0.2) is 0 Å². The predicted octanol–water partition coefficient (Wildman–Crippen LogP) is 4.37. The maximum atomic E-state index is 3.54. The van der Waals surface area contributed by atoms with Crippen molar-refractivity contribution in [2.75, 3.05) is 13.1 Å². The standard InChI is InChI=1S/C15H31N/c1-3-5-6-7-8-9-10-11-15-13-16-12-14(15)4-2/h14-16H,3-13H2,1-2H3. The third-order valence-electron chi connectivity index (χ3n) is 4.18. The molecule has 0 spiro atoms. The van der Waals surface area contributed by atoms with Gasteiger partial charge in [0.1, 0.15) is 0 Å². The molecule has 0 saturated carbocycles. The van der Waals surface area contributed by atoms with E-state index in [1.165, 1.54) is 70.9 Å². The summed E-state index contributed by atoms with van der Waals surface area (Å²) in [5.41, 5.74) is 0. The van der Waals surface area contributed by atoms with E-state index >= 15 is 0 Å². The van der Waals surface area contributed by atoms with E-state index in [0.29, 0.717) is 0 Å². The largest absolute Gasteiger partial charge is 0.316 e. The summed E-state index contributed by atoms with van der Waals surface area (Å²) < 4.78 is 0. The Balaban J connectivity index is 1.90. The van der Waals surface area contributed by atoms with Gasteiger partial charge in [-0.05, 0) is 31.3 Å². The minimum Gasteiger partial charge on any atom is -0.316 e. The fourth-order valence-corrected chi connectivity index (χ4v) is 2.97. The van der Waals surface area contributed by atoms with Gasteiger partial charge in [0.05, 0.1) is 0 Å². The Kier molecular flexibility index (Phi) is 7.92. The Labute approximate surface area is 102 Å². The lowest BCUT2D eigenvalue weighted by Gasteiger charge is -2.16. The molecule has 0 amide bonds. The quantitative estimate of drug-likeness (QED) is 0.574. The summed E-state index contributed by atoms with van der Waals surface area (Å²) in [4.78, 5) is 0. The van der Waals surface area contributed by atoms with Gasteiger partial charge >= 0.3 is 0 Å². The van der Waals surface area contributed by atoms with Crippen molar-refractivity contribution in [2.24, 2.45) is 11.8 Å². The summed E-state index contributed by atoms with van der Waals surface area (Å²) >= 11 is 0. The molecule has 1 saturated heterocycles. The lowest BCUT2D eigenvalue weighted by molar-refractivity contribution is 0.368. The molecule has 1 aliphatic rings. The monoisotopic (exact) mass is 225 g/mol. The van der Waals surface area contributed by atoms with Crippen molar-refractivity contribution in [3.63, 3.8) is 0 Å². The van der Waals surface area contributed by atoms with Gasteiger partial charge < -0.3 is 5.32 Å². The van der Waals surface area contributed by atoms with Crippen molar-refractivity contribution in [1.29, 1.82) is 0 Å². The van der Waals surface area contributed by atoms with Crippen molar-refractivity contribution < 1.29 is 0 Å². The molecule has 1 heterocycles. The highest BCUT2D eigenvalue weighted by atomic mass is 14.9. The Morgan fingerprint density at radius 3 is 2.12 bits per heavy atom. The maximum Gasteiger partial charge on any atom is -0.00173 e. The number of hydrogen-bond donors (Lipinski definition) is 1. The molecule has 0 aromatic rings. The molecular weight excluding hydrogens is 194 g/mol. The Morgan fingerprint density at radius 1 is 0.812 bits per heavy atom. The number of unbranched alkanes of at least 4 members (excludes halogenated alkanes) is 6. The second-order valence-electron chi connectivity index (χ2n) is 5.50. The van der Waals surface area contributed by atoms with E-state index in [9.17, 15) is 0 Å². The normalized spacial score (nSPS) is 25.1. The fourth-order valence-electron chi connectivity index (χ4n) is 2.97. The highest BCUT2D eigenvalue weighted by Crippen LogP contribution is 2.25. The summed E-state index contributed by atoms with van der Waals surface area (Å²) in [6.07, 6.45) is 13.0. The molecule has 0 bridgehead atoms. The Bertz CT molecular complexity index is 156. The molecule has 1 N–H and O–H groups in total. The lowest BCUT2D eigenvalue weighted by Crippen LogP contribution is -2.11. The summed E-state index contributed by atoms with van der Waals surface area (Å²) in [6.45, 7) is 7.19. The predicted molar refractivity (Wildman–Crippen MR) is 72.8 cm³/mol. The highest BCUT2D eigenvalue weighted by molar-refractivity contribution is 4.79. The van der Waals surface area contributed by atoms with Crippen LogP contribution in [-0.2, 0) is 0 Å².